The van der Waals surface area contributed by atoms with Crippen molar-refractivity contribution in [3.8, 4) is 0 Å². The van der Waals surface area contributed by atoms with Crippen LogP contribution in [0.2, 0.25) is 0 Å². The lowest BCUT2D eigenvalue weighted by atomic mass is 9.85. The van der Waals surface area contributed by atoms with Crippen LogP contribution in [0.4, 0.5) is 5.69 Å². The van der Waals surface area contributed by atoms with Crippen LogP contribution in [0.5, 0.6) is 0 Å². The average molecular weight is 503 g/mol. The van der Waals surface area contributed by atoms with Gasteiger partial charge in [0.05, 0.1) is 27.7 Å². The number of aryl methyl sites for hydroxylation is 2. The van der Waals surface area contributed by atoms with Gasteiger partial charge in [-0.3, -0.25) is 14.4 Å². The molecule has 7 heteroatoms. The number of anilines is 1. The minimum absolute atomic E-state index is 0.0538. The van der Waals surface area contributed by atoms with Crippen molar-refractivity contribution in [1.82, 2.24) is 4.98 Å². The smallest absolute Gasteiger partial charge is 0.238 e. The SMILES string of the molecule is CC(=O)c1c(C)cc(C)c(CSc2nc3ccc(N4C(=O)[C@@H]5[C@H](C4=O)[C@H]4C=C[C@H]5C4)cc3s2)c1C. The van der Waals surface area contributed by atoms with Crippen LogP contribution in [0.15, 0.2) is 40.8 Å². The number of imide groups is 1. The van der Waals surface area contributed by atoms with E-state index in [9.17, 15) is 14.4 Å². The Hall–Kier alpha value is -2.77. The molecule has 6 rings (SSSR count). The lowest BCUT2D eigenvalue weighted by Gasteiger charge is -2.17. The van der Waals surface area contributed by atoms with Gasteiger partial charge in [-0.2, -0.15) is 0 Å². The number of rotatable bonds is 5. The van der Waals surface area contributed by atoms with Gasteiger partial charge in [0.2, 0.25) is 11.8 Å². The summed E-state index contributed by atoms with van der Waals surface area (Å²) in [5.41, 5.74) is 6.75. The Morgan fingerprint density at radius 1 is 1.06 bits per heavy atom. The zero-order chi connectivity index (χ0) is 24.6. The quantitative estimate of drug-likeness (QED) is 0.184. The van der Waals surface area contributed by atoms with E-state index >= 15 is 0 Å². The zero-order valence-electron chi connectivity index (χ0n) is 20.1. The summed E-state index contributed by atoms with van der Waals surface area (Å²) >= 11 is 3.23. The third-order valence-electron chi connectivity index (χ3n) is 7.90. The number of thiazole rings is 1. The average Bonchev–Trinajstić information content (AvgIpc) is 3.55. The summed E-state index contributed by atoms with van der Waals surface area (Å²) in [4.78, 5) is 44.7. The van der Waals surface area contributed by atoms with Gasteiger partial charge in [0.1, 0.15) is 0 Å². The molecule has 5 nitrogen and oxygen atoms in total. The molecule has 1 aromatic heterocycles. The Balaban J connectivity index is 1.26. The summed E-state index contributed by atoms with van der Waals surface area (Å²) in [6.07, 6.45) is 5.17. The number of thioether (sulfide) groups is 1. The number of allylic oxidation sites excluding steroid dienone is 2. The number of aromatic nitrogens is 1. The molecule has 2 heterocycles. The fourth-order valence-electron chi connectivity index (χ4n) is 6.37. The third-order valence-corrected chi connectivity index (χ3v) is 10.1. The lowest BCUT2D eigenvalue weighted by Crippen LogP contribution is -2.32. The van der Waals surface area contributed by atoms with Crippen molar-refractivity contribution < 1.29 is 14.4 Å². The van der Waals surface area contributed by atoms with Crippen LogP contribution < -0.4 is 4.90 Å². The van der Waals surface area contributed by atoms with E-state index < -0.39 is 0 Å². The highest BCUT2D eigenvalue weighted by Crippen LogP contribution is 2.53. The lowest BCUT2D eigenvalue weighted by molar-refractivity contribution is -0.123. The van der Waals surface area contributed by atoms with Crippen molar-refractivity contribution in [3.05, 3.63) is 64.2 Å². The molecule has 2 aromatic carbocycles. The van der Waals surface area contributed by atoms with Crippen molar-refractivity contribution in [2.75, 3.05) is 4.90 Å². The van der Waals surface area contributed by atoms with Gasteiger partial charge >= 0.3 is 0 Å². The molecule has 4 atom stereocenters. The Labute approximate surface area is 212 Å². The van der Waals surface area contributed by atoms with Crippen molar-refractivity contribution in [3.63, 3.8) is 0 Å². The number of fused-ring (bicyclic) bond motifs is 6. The maximum absolute atomic E-state index is 13.2. The van der Waals surface area contributed by atoms with Crippen LogP contribution >= 0.6 is 23.1 Å². The van der Waals surface area contributed by atoms with Crippen LogP contribution in [0.3, 0.4) is 0 Å². The van der Waals surface area contributed by atoms with E-state index in [-0.39, 0.29) is 41.3 Å². The summed E-state index contributed by atoms with van der Waals surface area (Å²) in [5, 5.41) is 0. The summed E-state index contributed by atoms with van der Waals surface area (Å²) in [6.45, 7) is 7.73. The molecule has 1 saturated carbocycles. The van der Waals surface area contributed by atoms with E-state index in [4.69, 9.17) is 4.98 Å². The van der Waals surface area contributed by atoms with Gasteiger partial charge in [0.25, 0.3) is 0 Å². The van der Waals surface area contributed by atoms with E-state index in [0.29, 0.717) is 5.69 Å². The minimum Gasteiger partial charge on any atom is -0.294 e. The standard InChI is InChI=1S/C28H26N2O3S2/c1-13-9-14(2)23(16(4)31)15(3)20(13)12-34-28-29-21-8-7-19(11-22(21)35-28)30-26(32)24-17-5-6-18(10-17)25(24)27(30)33/h5-9,11,17-18,24-25H,10,12H2,1-4H3/t17-,18-,24-,25+/m0/s1. The molecule has 1 saturated heterocycles. The number of ketones is 1. The minimum atomic E-state index is -0.193. The molecule has 0 unspecified atom stereocenters. The Morgan fingerprint density at radius 3 is 2.40 bits per heavy atom. The maximum atomic E-state index is 13.2. The van der Waals surface area contributed by atoms with E-state index in [1.54, 1.807) is 30.0 Å². The predicted molar refractivity (Wildman–Crippen MR) is 140 cm³/mol. The number of hydrogen-bond acceptors (Lipinski definition) is 6. The normalized spacial score (nSPS) is 24.7. The molecule has 2 bridgehead atoms. The third kappa shape index (κ3) is 3.43. The molecule has 1 aliphatic heterocycles. The first kappa shape index (κ1) is 22.7. The van der Waals surface area contributed by atoms with Gasteiger partial charge in [-0.25, -0.2) is 9.88 Å². The van der Waals surface area contributed by atoms with Crippen molar-refractivity contribution in [2.24, 2.45) is 23.7 Å². The first-order valence-corrected chi connectivity index (χ1v) is 13.7. The maximum Gasteiger partial charge on any atom is 0.238 e. The van der Waals surface area contributed by atoms with Crippen LogP contribution in [0, 0.1) is 44.4 Å². The van der Waals surface area contributed by atoms with Crippen molar-refractivity contribution in [2.45, 2.75) is 44.2 Å². The Kier molecular flexibility index (Phi) is 5.27. The van der Waals surface area contributed by atoms with E-state index in [1.165, 1.54) is 16.0 Å². The molecular weight excluding hydrogens is 476 g/mol. The summed E-state index contributed by atoms with van der Waals surface area (Å²) < 4.78 is 1.89. The van der Waals surface area contributed by atoms with Crippen molar-refractivity contribution >= 4 is 56.6 Å². The Morgan fingerprint density at radius 2 is 1.74 bits per heavy atom. The second-order valence-electron chi connectivity index (χ2n) is 9.98. The van der Waals surface area contributed by atoms with Gasteiger partial charge in [0, 0.05) is 11.3 Å². The second kappa shape index (κ2) is 8.14. The summed E-state index contributed by atoms with van der Waals surface area (Å²) in [7, 11) is 0. The molecule has 0 spiro atoms. The van der Waals surface area contributed by atoms with Gasteiger partial charge < -0.3 is 0 Å². The highest BCUT2D eigenvalue weighted by molar-refractivity contribution is 8.00. The van der Waals surface area contributed by atoms with E-state index in [0.717, 1.165) is 43.4 Å². The molecule has 3 aromatic rings. The van der Waals surface area contributed by atoms with Crippen LogP contribution in [0.1, 0.15) is 46.0 Å². The monoisotopic (exact) mass is 502 g/mol. The van der Waals surface area contributed by atoms with Gasteiger partial charge in [0.15, 0.2) is 10.1 Å². The number of amides is 2. The molecule has 2 fully saturated rings. The fraction of sp³-hybridized carbons (Fsp3) is 0.357. The van der Waals surface area contributed by atoms with Crippen LogP contribution in [-0.4, -0.2) is 22.6 Å². The largest absolute Gasteiger partial charge is 0.294 e. The summed E-state index contributed by atoms with van der Waals surface area (Å²) in [6, 6.07) is 7.77. The molecule has 35 heavy (non-hydrogen) atoms. The molecule has 0 radical (unpaired) electrons. The first-order valence-electron chi connectivity index (χ1n) is 11.9. The number of Topliss-reactive ketones (excluding diaryl/α,β-unsaturated/α-hetero) is 1. The van der Waals surface area contributed by atoms with E-state index in [1.807, 2.05) is 32.0 Å². The highest BCUT2D eigenvalue weighted by atomic mass is 32.2. The van der Waals surface area contributed by atoms with Crippen LogP contribution in [-0.2, 0) is 15.3 Å². The number of carbonyl (C=O) groups is 3. The summed E-state index contributed by atoms with van der Waals surface area (Å²) in [5.74, 6) is 0.745. The topological polar surface area (TPSA) is 67.3 Å². The Bertz CT molecular complexity index is 1440. The van der Waals surface area contributed by atoms with Gasteiger partial charge in [-0.1, -0.05) is 30.0 Å². The van der Waals surface area contributed by atoms with Gasteiger partial charge in [-0.05, 0) is 86.4 Å². The number of benzene rings is 2. The number of carbonyl (C=O) groups excluding carboxylic acids is 3. The number of hydrogen-bond donors (Lipinski definition) is 0. The molecule has 0 N–H and O–H groups in total. The molecule has 2 aliphatic carbocycles. The second-order valence-corrected chi connectivity index (χ2v) is 12.2. The molecule has 2 amide bonds. The predicted octanol–water partition coefficient (Wildman–Crippen LogP) is 6.03. The molecular formula is C28H26N2O3S2. The highest BCUT2D eigenvalue weighted by Gasteiger charge is 2.59. The first-order chi connectivity index (χ1) is 16.7. The fourth-order valence-corrected chi connectivity index (χ4v) is 8.66. The zero-order valence-corrected chi connectivity index (χ0v) is 21.8. The molecule has 178 valence electrons. The van der Waals surface area contributed by atoms with E-state index in [2.05, 4.69) is 25.1 Å². The molecule has 3 aliphatic rings. The van der Waals surface area contributed by atoms with Gasteiger partial charge in [-0.15, -0.1) is 11.3 Å². The number of nitrogens with zero attached hydrogens (tertiary/aromatic N) is 2. The van der Waals surface area contributed by atoms with Crippen LogP contribution in [0.25, 0.3) is 10.2 Å². The van der Waals surface area contributed by atoms with Crippen molar-refractivity contribution in [1.29, 1.82) is 0 Å².